The smallest absolute Gasteiger partial charge is 0.149 e. The Balaban J connectivity index is 2.04. The molecule has 0 saturated heterocycles. The van der Waals surface area contributed by atoms with Gasteiger partial charge >= 0.3 is 0 Å². The minimum Gasteiger partial charge on any atom is -0.493 e. The molecular formula is C12H17NO3S. The standard InChI is InChI=1S/C12H17NO3S/c1-9(8-17(2,14)15)13-11-3-4-12-10(7-11)5-6-16-12/h3-4,7,9,13H,5-6,8H2,1-2H3. The van der Waals surface area contributed by atoms with Crippen LogP contribution in [0.4, 0.5) is 5.69 Å². The van der Waals surface area contributed by atoms with Crippen LogP contribution in [0.1, 0.15) is 12.5 Å². The third-order valence-electron chi connectivity index (χ3n) is 2.66. The highest BCUT2D eigenvalue weighted by Gasteiger charge is 2.14. The molecule has 0 fully saturated rings. The van der Waals surface area contributed by atoms with E-state index >= 15 is 0 Å². The third-order valence-corrected chi connectivity index (χ3v) is 3.76. The number of hydrogen-bond acceptors (Lipinski definition) is 4. The minimum absolute atomic E-state index is 0.0922. The SMILES string of the molecule is CC(CS(C)(=O)=O)Nc1ccc2c(c1)CCO2. The quantitative estimate of drug-likeness (QED) is 0.885. The predicted octanol–water partition coefficient (Wildman–Crippen LogP) is 1.47. The molecular weight excluding hydrogens is 238 g/mol. The molecule has 0 radical (unpaired) electrons. The van der Waals surface area contributed by atoms with Crippen molar-refractivity contribution in [3.05, 3.63) is 23.8 Å². The monoisotopic (exact) mass is 255 g/mol. The van der Waals surface area contributed by atoms with E-state index in [4.69, 9.17) is 4.74 Å². The highest BCUT2D eigenvalue weighted by atomic mass is 32.2. The Labute approximate surface area is 102 Å². The summed E-state index contributed by atoms with van der Waals surface area (Å²) in [5.74, 6) is 1.08. The molecule has 1 aliphatic rings. The van der Waals surface area contributed by atoms with Gasteiger partial charge in [-0.15, -0.1) is 0 Å². The number of sulfone groups is 1. The molecule has 0 saturated carbocycles. The van der Waals surface area contributed by atoms with Gasteiger partial charge in [0.15, 0.2) is 0 Å². The molecule has 2 rings (SSSR count). The van der Waals surface area contributed by atoms with E-state index in [2.05, 4.69) is 5.32 Å². The van der Waals surface area contributed by atoms with Crippen molar-refractivity contribution in [2.24, 2.45) is 0 Å². The topological polar surface area (TPSA) is 55.4 Å². The highest BCUT2D eigenvalue weighted by molar-refractivity contribution is 7.90. The Hall–Kier alpha value is -1.23. The molecule has 4 nitrogen and oxygen atoms in total. The van der Waals surface area contributed by atoms with E-state index in [0.29, 0.717) is 0 Å². The molecule has 1 atom stereocenters. The third kappa shape index (κ3) is 3.36. The van der Waals surface area contributed by atoms with Gasteiger partial charge in [-0.3, -0.25) is 0 Å². The van der Waals surface area contributed by atoms with Crippen molar-refractivity contribution in [1.29, 1.82) is 0 Å². The van der Waals surface area contributed by atoms with Gasteiger partial charge in [0.1, 0.15) is 15.6 Å². The van der Waals surface area contributed by atoms with Gasteiger partial charge in [0, 0.05) is 24.4 Å². The van der Waals surface area contributed by atoms with E-state index in [9.17, 15) is 8.42 Å². The van der Waals surface area contributed by atoms with E-state index < -0.39 is 9.84 Å². The van der Waals surface area contributed by atoms with Gasteiger partial charge in [-0.05, 0) is 30.7 Å². The lowest BCUT2D eigenvalue weighted by molar-refractivity contribution is 0.357. The molecule has 0 bridgehead atoms. The maximum absolute atomic E-state index is 11.2. The number of rotatable bonds is 4. The van der Waals surface area contributed by atoms with Gasteiger partial charge in [-0.1, -0.05) is 0 Å². The second-order valence-electron chi connectivity index (χ2n) is 4.56. The maximum atomic E-state index is 11.2. The molecule has 94 valence electrons. The van der Waals surface area contributed by atoms with E-state index in [-0.39, 0.29) is 11.8 Å². The van der Waals surface area contributed by atoms with Gasteiger partial charge in [-0.25, -0.2) is 8.42 Å². The number of ether oxygens (including phenoxy) is 1. The summed E-state index contributed by atoms with van der Waals surface area (Å²) in [5, 5.41) is 3.19. The van der Waals surface area contributed by atoms with Crippen LogP contribution >= 0.6 is 0 Å². The van der Waals surface area contributed by atoms with Crippen LogP contribution in [0.5, 0.6) is 5.75 Å². The van der Waals surface area contributed by atoms with E-state index in [1.807, 2.05) is 25.1 Å². The molecule has 0 aromatic heterocycles. The van der Waals surface area contributed by atoms with Crippen LogP contribution in [0.25, 0.3) is 0 Å². The van der Waals surface area contributed by atoms with E-state index in [0.717, 1.165) is 24.5 Å². The lowest BCUT2D eigenvalue weighted by Crippen LogP contribution is -2.24. The summed E-state index contributed by atoms with van der Waals surface area (Å²) in [6.45, 7) is 2.60. The van der Waals surface area contributed by atoms with Crippen LogP contribution in [0.2, 0.25) is 0 Å². The Morgan fingerprint density at radius 1 is 1.47 bits per heavy atom. The average molecular weight is 255 g/mol. The van der Waals surface area contributed by atoms with Crippen LogP contribution in [-0.2, 0) is 16.3 Å². The zero-order chi connectivity index (χ0) is 12.5. The summed E-state index contributed by atoms with van der Waals surface area (Å²) in [4.78, 5) is 0. The summed E-state index contributed by atoms with van der Waals surface area (Å²) >= 11 is 0. The number of benzene rings is 1. The lowest BCUT2D eigenvalue weighted by Gasteiger charge is -2.14. The van der Waals surface area contributed by atoms with Crippen molar-refractivity contribution in [1.82, 2.24) is 0 Å². The van der Waals surface area contributed by atoms with Gasteiger partial charge in [0.25, 0.3) is 0 Å². The van der Waals surface area contributed by atoms with Crippen molar-refractivity contribution in [2.45, 2.75) is 19.4 Å². The second-order valence-corrected chi connectivity index (χ2v) is 6.74. The van der Waals surface area contributed by atoms with Gasteiger partial charge in [0.2, 0.25) is 0 Å². The number of hydrogen-bond donors (Lipinski definition) is 1. The van der Waals surface area contributed by atoms with Crippen molar-refractivity contribution in [3.63, 3.8) is 0 Å². The average Bonchev–Trinajstić information content (AvgIpc) is 2.61. The Bertz CT molecular complexity index is 510. The van der Waals surface area contributed by atoms with Crippen LogP contribution < -0.4 is 10.1 Å². The maximum Gasteiger partial charge on any atom is 0.149 e. The Kier molecular flexibility index (Phi) is 3.28. The van der Waals surface area contributed by atoms with E-state index in [1.165, 1.54) is 11.8 Å². The van der Waals surface area contributed by atoms with Crippen molar-refractivity contribution < 1.29 is 13.2 Å². The first-order valence-corrected chi connectivity index (χ1v) is 7.70. The molecule has 0 aliphatic carbocycles. The van der Waals surface area contributed by atoms with Crippen LogP contribution in [0.15, 0.2) is 18.2 Å². The molecule has 1 aromatic carbocycles. The van der Waals surface area contributed by atoms with Crippen LogP contribution in [0.3, 0.4) is 0 Å². The summed E-state index contributed by atoms with van der Waals surface area (Å²) < 4.78 is 27.7. The largest absolute Gasteiger partial charge is 0.493 e. The van der Waals surface area contributed by atoms with Gasteiger partial charge in [-0.2, -0.15) is 0 Å². The zero-order valence-corrected chi connectivity index (χ0v) is 10.9. The fraction of sp³-hybridized carbons (Fsp3) is 0.500. The second kappa shape index (κ2) is 4.56. The predicted molar refractivity (Wildman–Crippen MR) is 68.4 cm³/mol. The molecule has 0 spiro atoms. The first-order valence-electron chi connectivity index (χ1n) is 5.64. The molecule has 1 unspecified atom stereocenters. The van der Waals surface area contributed by atoms with Gasteiger partial charge in [0.05, 0.1) is 12.4 Å². The molecule has 17 heavy (non-hydrogen) atoms. The van der Waals surface area contributed by atoms with Crippen molar-refractivity contribution in [2.75, 3.05) is 23.9 Å². The van der Waals surface area contributed by atoms with E-state index in [1.54, 1.807) is 0 Å². The van der Waals surface area contributed by atoms with Crippen molar-refractivity contribution in [3.8, 4) is 5.75 Å². The normalized spacial score (nSPS) is 16.1. The van der Waals surface area contributed by atoms with Crippen LogP contribution in [-0.4, -0.2) is 33.1 Å². The fourth-order valence-corrected chi connectivity index (χ4v) is 3.05. The lowest BCUT2D eigenvalue weighted by atomic mass is 10.1. The molecule has 1 aromatic rings. The summed E-state index contributed by atoms with van der Waals surface area (Å²) in [6.07, 6.45) is 2.17. The summed E-state index contributed by atoms with van der Waals surface area (Å²) in [7, 11) is -2.94. The molecule has 1 aliphatic heterocycles. The molecule has 5 heteroatoms. The minimum atomic E-state index is -2.94. The summed E-state index contributed by atoms with van der Waals surface area (Å²) in [6, 6.07) is 5.78. The highest BCUT2D eigenvalue weighted by Crippen LogP contribution is 2.28. The first kappa shape index (κ1) is 12.2. The molecule has 1 N–H and O–H groups in total. The Morgan fingerprint density at radius 3 is 2.94 bits per heavy atom. The first-order chi connectivity index (χ1) is 7.94. The zero-order valence-electron chi connectivity index (χ0n) is 10.1. The summed E-state index contributed by atoms with van der Waals surface area (Å²) in [5.41, 5.74) is 2.13. The Morgan fingerprint density at radius 2 is 2.24 bits per heavy atom. The molecule has 1 heterocycles. The van der Waals surface area contributed by atoms with Crippen molar-refractivity contribution >= 4 is 15.5 Å². The molecule has 0 amide bonds. The number of fused-ring (bicyclic) bond motifs is 1. The van der Waals surface area contributed by atoms with Crippen LogP contribution in [0, 0.1) is 0 Å². The van der Waals surface area contributed by atoms with Gasteiger partial charge < -0.3 is 10.1 Å². The fourth-order valence-electron chi connectivity index (χ4n) is 2.06. The number of anilines is 1. The number of nitrogens with one attached hydrogen (secondary N) is 1.